The first kappa shape index (κ1) is 20.9. The Morgan fingerprint density at radius 1 is 1.19 bits per heavy atom. The van der Waals surface area contributed by atoms with Crippen molar-refractivity contribution in [2.75, 3.05) is 25.0 Å². The molecule has 1 N–H and O–H groups in total. The molecule has 0 unspecified atom stereocenters. The van der Waals surface area contributed by atoms with Crippen molar-refractivity contribution in [2.45, 2.75) is 33.2 Å². The van der Waals surface area contributed by atoms with Gasteiger partial charge in [-0.2, -0.15) is 0 Å². The summed E-state index contributed by atoms with van der Waals surface area (Å²) in [5, 5.41) is 3.41. The smallest absolute Gasteiger partial charge is 0.339 e. The zero-order chi connectivity index (χ0) is 21.8. The van der Waals surface area contributed by atoms with E-state index in [2.05, 4.69) is 22.1 Å². The van der Waals surface area contributed by atoms with Crippen LogP contribution in [0.2, 0.25) is 0 Å². The molecule has 3 heterocycles. The van der Waals surface area contributed by atoms with Crippen molar-refractivity contribution in [1.29, 1.82) is 0 Å². The number of carbonyl (C=O) groups excluding carboxylic acids is 2. The molecule has 0 saturated heterocycles. The summed E-state index contributed by atoms with van der Waals surface area (Å²) in [6.45, 7) is 6.23. The molecule has 7 nitrogen and oxygen atoms in total. The first-order chi connectivity index (χ1) is 15.0. The van der Waals surface area contributed by atoms with E-state index in [-0.39, 0.29) is 6.61 Å². The maximum atomic E-state index is 13.1. The number of pyridine rings is 2. The van der Waals surface area contributed by atoms with E-state index in [0.29, 0.717) is 17.9 Å². The molecule has 0 aliphatic carbocycles. The fourth-order valence-electron chi connectivity index (χ4n) is 3.91. The molecule has 1 aliphatic heterocycles. The second-order valence-corrected chi connectivity index (χ2v) is 7.80. The zero-order valence-corrected chi connectivity index (χ0v) is 17.9. The SMILES string of the molecule is CCCN1CCc2nc3ccccc3c(C(=O)OCC(=O)Nc3ccc(C)cn3)c2C1. The Bertz CT molecular complexity index is 1110. The first-order valence-corrected chi connectivity index (χ1v) is 10.6. The summed E-state index contributed by atoms with van der Waals surface area (Å²) in [5.74, 6) is -0.502. The number of hydrogen-bond donors (Lipinski definition) is 1. The lowest BCUT2D eigenvalue weighted by Crippen LogP contribution is -2.33. The molecule has 31 heavy (non-hydrogen) atoms. The van der Waals surface area contributed by atoms with Crippen LogP contribution in [-0.4, -0.2) is 46.4 Å². The highest BCUT2D eigenvalue weighted by molar-refractivity contribution is 6.06. The average molecular weight is 418 g/mol. The molecule has 3 aromatic rings. The van der Waals surface area contributed by atoms with E-state index in [1.165, 1.54) is 0 Å². The number of para-hydroxylation sites is 1. The standard InChI is InChI=1S/C24H26N4O3/c1-3-11-28-12-10-20-18(14-28)23(17-6-4-5-7-19(17)26-20)24(30)31-15-22(29)27-21-9-8-16(2)13-25-21/h4-9,13H,3,10-12,14-15H2,1-2H3,(H,25,27,29). The van der Waals surface area contributed by atoms with Crippen molar-refractivity contribution in [3.63, 3.8) is 0 Å². The molecule has 1 amide bonds. The molecule has 0 fully saturated rings. The lowest BCUT2D eigenvalue weighted by molar-refractivity contribution is -0.119. The normalized spacial score (nSPS) is 13.6. The van der Waals surface area contributed by atoms with Gasteiger partial charge < -0.3 is 10.1 Å². The topological polar surface area (TPSA) is 84.4 Å². The number of aromatic nitrogens is 2. The Morgan fingerprint density at radius 2 is 2.03 bits per heavy atom. The second kappa shape index (κ2) is 9.22. The number of aryl methyl sites for hydroxylation is 1. The number of esters is 1. The molecule has 1 aromatic carbocycles. The minimum atomic E-state index is -0.500. The number of ether oxygens (including phenoxy) is 1. The van der Waals surface area contributed by atoms with Crippen LogP contribution in [0.3, 0.4) is 0 Å². The fourth-order valence-corrected chi connectivity index (χ4v) is 3.91. The number of rotatable bonds is 6. The summed E-state index contributed by atoms with van der Waals surface area (Å²) >= 11 is 0. The molecule has 1 aliphatic rings. The van der Waals surface area contributed by atoms with Crippen LogP contribution in [0.15, 0.2) is 42.6 Å². The largest absolute Gasteiger partial charge is 0.452 e. The van der Waals surface area contributed by atoms with Gasteiger partial charge in [0.05, 0.1) is 11.1 Å². The van der Waals surface area contributed by atoms with Gasteiger partial charge in [-0.1, -0.05) is 31.2 Å². The first-order valence-electron chi connectivity index (χ1n) is 10.6. The molecule has 4 rings (SSSR count). The van der Waals surface area contributed by atoms with Crippen LogP contribution in [0.5, 0.6) is 0 Å². The number of nitrogens with zero attached hydrogens (tertiary/aromatic N) is 3. The Hall–Kier alpha value is -3.32. The van der Waals surface area contributed by atoms with Gasteiger partial charge in [0.2, 0.25) is 0 Å². The van der Waals surface area contributed by atoms with Gasteiger partial charge in [-0.15, -0.1) is 0 Å². The summed E-state index contributed by atoms with van der Waals surface area (Å²) in [6, 6.07) is 11.1. The van der Waals surface area contributed by atoms with E-state index in [1.54, 1.807) is 12.3 Å². The van der Waals surface area contributed by atoms with Crippen molar-refractivity contribution in [3.05, 3.63) is 65.0 Å². The molecule has 2 aromatic heterocycles. The number of anilines is 1. The molecule has 0 atom stereocenters. The van der Waals surface area contributed by atoms with Crippen LogP contribution in [0.4, 0.5) is 5.82 Å². The number of carbonyl (C=O) groups is 2. The molecule has 0 saturated carbocycles. The predicted molar refractivity (Wildman–Crippen MR) is 119 cm³/mol. The highest BCUT2D eigenvalue weighted by Gasteiger charge is 2.26. The number of benzene rings is 1. The van der Waals surface area contributed by atoms with E-state index in [0.717, 1.165) is 53.7 Å². The summed E-state index contributed by atoms with van der Waals surface area (Å²) in [6.07, 6.45) is 3.50. The highest BCUT2D eigenvalue weighted by Crippen LogP contribution is 2.29. The Morgan fingerprint density at radius 3 is 2.81 bits per heavy atom. The van der Waals surface area contributed by atoms with Crippen molar-refractivity contribution in [1.82, 2.24) is 14.9 Å². The van der Waals surface area contributed by atoms with Gasteiger partial charge in [0, 0.05) is 42.4 Å². The number of nitrogens with one attached hydrogen (secondary N) is 1. The summed E-state index contributed by atoms with van der Waals surface area (Å²) in [4.78, 5) is 36.7. The third-order valence-electron chi connectivity index (χ3n) is 5.38. The highest BCUT2D eigenvalue weighted by atomic mass is 16.5. The van der Waals surface area contributed by atoms with Gasteiger partial charge in [-0.25, -0.2) is 9.78 Å². The second-order valence-electron chi connectivity index (χ2n) is 7.80. The monoisotopic (exact) mass is 418 g/mol. The van der Waals surface area contributed by atoms with Crippen LogP contribution < -0.4 is 5.32 Å². The maximum Gasteiger partial charge on any atom is 0.339 e. The van der Waals surface area contributed by atoms with Gasteiger partial charge in [0.25, 0.3) is 5.91 Å². The Balaban J connectivity index is 1.56. The summed E-state index contributed by atoms with van der Waals surface area (Å²) in [5.41, 5.74) is 4.12. The molecule has 0 radical (unpaired) electrons. The quantitative estimate of drug-likeness (QED) is 0.617. The van der Waals surface area contributed by atoms with Crippen LogP contribution >= 0.6 is 0 Å². The van der Waals surface area contributed by atoms with Crippen molar-refractivity contribution in [3.8, 4) is 0 Å². The van der Waals surface area contributed by atoms with Gasteiger partial charge in [0.15, 0.2) is 6.61 Å². The third kappa shape index (κ3) is 4.72. The van der Waals surface area contributed by atoms with E-state index in [1.807, 2.05) is 37.3 Å². The van der Waals surface area contributed by atoms with Crippen LogP contribution in [0.1, 0.15) is 40.5 Å². The minimum Gasteiger partial charge on any atom is -0.452 e. The summed E-state index contributed by atoms with van der Waals surface area (Å²) < 4.78 is 5.43. The molecule has 0 bridgehead atoms. The van der Waals surface area contributed by atoms with Gasteiger partial charge in [-0.05, 0) is 37.6 Å². The van der Waals surface area contributed by atoms with Gasteiger partial charge in [-0.3, -0.25) is 14.7 Å². The molecule has 160 valence electrons. The van der Waals surface area contributed by atoms with E-state index < -0.39 is 11.9 Å². The van der Waals surface area contributed by atoms with Crippen molar-refractivity contribution < 1.29 is 14.3 Å². The molecule has 0 spiro atoms. The van der Waals surface area contributed by atoms with E-state index >= 15 is 0 Å². The van der Waals surface area contributed by atoms with Crippen LogP contribution in [0, 0.1) is 6.92 Å². The average Bonchev–Trinajstić information content (AvgIpc) is 2.77. The van der Waals surface area contributed by atoms with Crippen molar-refractivity contribution >= 4 is 28.6 Å². The lowest BCUT2D eigenvalue weighted by Gasteiger charge is -2.29. The molecular weight excluding hydrogens is 392 g/mol. The molecule has 7 heteroatoms. The van der Waals surface area contributed by atoms with E-state index in [9.17, 15) is 9.59 Å². The van der Waals surface area contributed by atoms with Crippen molar-refractivity contribution in [2.24, 2.45) is 0 Å². The zero-order valence-electron chi connectivity index (χ0n) is 17.9. The Kier molecular flexibility index (Phi) is 6.23. The lowest BCUT2D eigenvalue weighted by atomic mass is 9.95. The van der Waals surface area contributed by atoms with Gasteiger partial charge in [0.1, 0.15) is 5.82 Å². The maximum absolute atomic E-state index is 13.1. The van der Waals surface area contributed by atoms with Crippen LogP contribution in [-0.2, 0) is 22.5 Å². The predicted octanol–water partition coefficient (Wildman–Crippen LogP) is 3.50. The number of amides is 1. The number of fused-ring (bicyclic) bond motifs is 2. The third-order valence-corrected chi connectivity index (χ3v) is 5.38. The molecular formula is C24H26N4O3. The van der Waals surface area contributed by atoms with Crippen LogP contribution in [0.25, 0.3) is 10.9 Å². The number of hydrogen-bond acceptors (Lipinski definition) is 6. The van der Waals surface area contributed by atoms with E-state index in [4.69, 9.17) is 9.72 Å². The Labute approximate surface area is 181 Å². The fraction of sp³-hybridized carbons (Fsp3) is 0.333. The summed E-state index contributed by atoms with van der Waals surface area (Å²) in [7, 11) is 0. The van der Waals surface area contributed by atoms with Gasteiger partial charge >= 0.3 is 5.97 Å². The minimum absolute atomic E-state index is 0.377.